The molecule has 1 aromatic rings. The third kappa shape index (κ3) is 2.31. The average Bonchev–Trinajstić information content (AvgIpc) is 2.14. The van der Waals surface area contributed by atoms with Crippen LogP contribution >= 0.6 is 0 Å². The zero-order chi connectivity index (χ0) is 12.5. The van der Waals surface area contributed by atoms with Crippen molar-refractivity contribution in [3.05, 3.63) is 17.3 Å². The lowest BCUT2D eigenvalue weighted by Gasteiger charge is -2.15. The second-order valence-corrected chi connectivity index (χ2v) is 2.81. The molecule has 2 N–H and O–H groups in total. The van der Waals surface area contributed by atoms with E-state index in [0.717, 1.165) is 13.2 Å². The highest BCUT2D eigenvalue weighted by atomic mass is 19.4. The van der Waals surface area contributed by atoms with Gasteiger partial charge in [0.25, 0.3) is 6.43 Å². The summed E-state index contributed by atoms with van der Waals surface area (Å²) < 4.78 is 66.5. The summed E-state index contributed by atoms with van der Waals surface area (Å²) in [5.41, 5.74) is 1.16. The number of pyridine rings is 1. The lowest BCUT2D eigenvalue weighted by molar-refractivity contribution is -0.139. The lowest BCUT2D eigenvalue weighted by Crippen LogP contribution is -2.15. The number of alkyl halides is 5. The van der Waals surface area contributed by atoms with Crippen LogP contribution in [0.3, 0.4) is 0 Å². The first-order chi connectivity index (χ1) is 7.27. The van der Waals surface area contributed by atoms with Gasteiger partial charge in [-0.05, 0) is 0 Å². The van der Waals surface area contributed by atoms with Gasteiger partial charge in [-0.15, -0.1) is 0 Å². The molecule has 3 nitrogen and oxygen atoms in total. The fourth-order valence-electron chi connectivity index (χ4n) is 1.13. The average molecular weight is 242 g/mol. The molecule has 0 bridgehead atoms. The van der Waals surface area contributed by atoms with E-state index in [9.17, 15) is 22.0 Å². The van der Waals surface area contributed by atoms with Crippen molar-refractivity contribution in [3.63, 3.8) is 0 Å². The summed E-state index contributed by atoms with van der Waals surface area (Å²) in [6.07, 6.45) is -8.36. The third-order valence-corrected chi connectivity index (χ3v) is 1.75. The fraction of sp³-hybridized carbons (Fsp3) is 0.375. The Morgan fingerprint density at radius 3 is 2.31 bits per heavy atom. The summed E-state index contributed by atoms with van der Waals surface area (Å²) in [5.74, 6) is -0.388. The molecule has 0 aliphatic carbocycles. The van der Waals surface area contributed by atoms with Crippen LogP contribution in [0.2, 0.25) is 0 Å². The van der Waals surface area contributed by atoms with Gasteiger partial charge in [0.05, 0.1) is 12.8 Å². The number of hydrogen-bond acceptors (Lipinski definition) is 3. The summed E-state index contributed by atoms with van der Waals surface area (Å²) in [5, 5.41) is 0. The number of nitrogen functional groups attached to an aromatic ring is 1. The van der Waals surface area contributed by atoms with Gasteiger partial charge in [-0.2, -0.15) is 13.2 Å². The van der Waals surface area contributed by atoms with Crippen LogP contribution in [0.5, 0.6) is 5.88 Å². The zero-order valence-electron chi connectivity index (χ0n) is 7.98. The summed E-state index contributed by atoms with van der Waals surface area (Å²) in [7, 11) is 1.09. The first-order valence-electron chi connectivity index (χ1n) is 3.97. The van der Waals surface area contributed by atoms with E-state index >= 15 is 0 Å². The van der Waals surface area contributed by atoms with Crippen molar-refractivity contribution in [1.29, 1.82) is 0 Å². The molecule has 0 radical (unpaired) electrons. The van der Waals surface area contributed by atoms with Gasteiger partial charge in [0.2, 0.25) is 5.88 Å². The standard InChI is InChI=1S/C8H7F5N2O/c1-16-4-2-3(14)5(8(11,12)13)6(15-4)7(9)10/h2,7H,1H3,(H2,14,15). The molecule has 1 aromatic heterocycles. The Balaban J connectivity index is 3.46. The van der Waals surface area contributed by atoms with Gasteiger partial charge in [0, 0.05) is 6.07 Å². The number of ether oxygens (including phenoxy) is 1. The second kappa shape index (κ2) is 4.11. The Morgan fingerprint density at radius 2 is 1.94 bits per heavy atom. The number of anilines is 1. The molecule has 0 saturated carbocycles. The molecule has 0 fully saturated rings. The molecule has 16 heavy (non-hydrogen) atoms. The van der Waals surface area contributed by atoms with E-state index in [2.05, 4.69) is 9.72 Å². The van der Waals surface area contributed by atoms with Crippen LogP contribution in [0.15, 0.2) is 6.07 Å². The van der Waals surface area contributed by atoms with Gasteiger partial charge in [-0.25, -0.2) is 13.8 Å². The van der Waals surface area contributed by atoms with Crippen LogP contribution < -0.4 is 10.5 Å². The van der Waals surface area contributed by atoms with E-state index in [1.54, 1.807) is 0 Å². The van der Waals surface area contributed by atoms with Crippen LogP contribution in [-0.4, -0.2) is 12.1 Å². The van der Waals surface area contributed by atoms with Gasteiger partial charge in [0.1, 0.15) is 11.3 Å². The van der Waals surface area contributed by atoms with Crippen LogP contribution in [0, 0.1) is 0 Å². The zero-order valence-corrected chi connectivity index (χ0v) is 7.98. The van der Waals surface area contributed by atoms with E-state index in [0.29, 0.717) is 0 Å². The molecule has 0 aromatic carbocycles. The first kappa shape index (κ1) is 12.5. The molecule has 0 amide bonds. The minimum Gasteiger partial charge on any atom is -0.481 e. The quantitative estimate of drug-likeness (QED) is 0.811. The lowest BCUT2D eigenvalue weighted by atomic mass is 10.1. The number of halogens is 5. The molecule has 0 unspecified atom stereocenters. The number of aromatic nitrogens is 1. The Kier molecular flexibility index (Phi) is 3.20. The van der Waals surface area contributed by atoms with Crippen molar-refractivity contribution in [2.75, 3.05) is 12.8 Å². The van der Waals surface area contributed by atoms with Gasteiger partial charge in [0.15, 0.2) is 0 Å². The normalized spacial score (nSPS) is 11.9. The topological polar surface area (TPSA) is 48.1 Å². The molecule has 1 heterocycles. The molecule has 0 saturated heterocycles. The molecular weight excluding hydrogens is 235 g/mol. The maximum Gasteiger partial charge on any atom is 0.420 e. The summed E-state index contributed by atoms with van der Waals surface area (Å²) in [6, 6.07) is 0.745. The molecule has 90 valence electrons. The number of hydrogen-bond donors (Lipinski definition) is 1. The van der Waals surface area contributed by atoms with Crippen molar-refractivity contribution in [2.45, 2.75) is 12.6 Å². The van der Waals surface area contributed by atoms with Crippen LogP contribution in [0.1, 0.15) is 17.7 Å². The highest BCUT2D eigenvalue weighted by Crippen LogP contribution is 2.40. The smallest absolute Gasteiger partial charge is 0.420 e. The van der Waals surface area contributed by atoms with Crippen molar-refractivity contribution in [1.82, 2.24) is 4.98 Å². The van der Waals surface area contributed by atoms with E-state index in [1.807, 2.05) is 0 Å². The van der Waals surface area contributed by atoms with Crippen LogP contribution in [-0.2, 0) is 6.18 Å². The molecule has 0 spiro atoms. The molecule has 0 aliphatic heterocycles. The van der Waals surface area contributed by atoms with E-state index in [4.69, 9.17) is 5.73 Å². The van der Waals surface area contributed by atoms with Gasteiger partial charge in [-0.3, -0.25) is 0 Å². The predicted molar refractivity (Wildman–Crippen MR) is 45.2 cm³/mol. The van der Waals surface area contributed by atoms with Crippen molar-refractivity contribution < 1.29 is 26.7 Å². The Morgan fingerprint density at radius 1 is 1.38 bits per heavy atom. The van der Waals surface area contributed by atoms with Crippen molar-refractivity contribution in [2.24, 2.45) is 0 Å². The Hall–Kier alpha value is -1.60. The van der Waals surface area contributed by atoms with Crippen LogP contribution in [0.4, 0.5) is 27.6 Å². The second-order valence-electron chi connectivity index (χ2n) is 2.81. The first-order valence-corrected chi connectivity index (χ1v) is 3.97. The van der Waals surface area contributed by atoms with Crippen molar-refractivity contribution >= 4 is 5.69 Å². The molecule has 8 heteroatoms. The number of nitrogens with zero attached hydrogens (tertiary/aromatic N) is 1. The monoisotopic (exact) mass is 242 g/mol. The Labute approximate surface area is 87.0 Å². The fourth-order valence-corrected chi connectivity index (χ4v) is 1.13. The van der Waals surface area contributed by atoms with Crippen LogP contribution in [0.25, 0.3) is 0 Å². The SMILES string of the molecule is COc1cc(N)c(C(F)(F)F)c(C(F)F)n1. The Bertz CT molecular complexity index is 391. The maximum absolute atomic E-state index is 12.4. The van der Waals surface area contributed by atoms with E-state index in [-0.39, 0.29) is 5.88 Å². The highest BCUT2D eigenvalue weighted by molar-refractivity contribution is 5.53. The minimum absolute atomic E-state index is 0.388. The molecule has 1 rings (SSSR count). The van der Waals surface area contributed by atoms with Gasteiger partial charge in [-0.1, -0.05) is 0 Å². The molecule has 0 atom stereocenters. The highest BCUT2D eigenvalue weighted by Gasteiger charge is 2.39. The van der Waals surface area contributed by atoms with E-state index in [1.165, 1.54) is 0 Å². The third-order valence-electron chi connectivity index (χ3n) is 1.75. The largest absolute Gasteiger partial charge is 0.481 e. The maximum atomic E-state index is 12.4. The number of rotatable bonds is 2. The summed E-state index contributed by atoms with van der Waals surface area (Å²) in [4.78, 5) is 3.05. The minimum atomic E-state index is -4.98. The summed E-state index contributed by atoms with van der Waals surface area (Å²) >= 11 is 0. The predicted octanol–water partition coefficient (Wildman–Crippen LogP) is 2.63. The molecular formula is C8H7F5N2O. The van der Waals surface area contributed by atoms with Gasteiger partial charge >= 0.3 is 6.18 Å². The molecule has 0 aliphatic rings. The van der Waals surface area contributed by atoms with Crippen molar-refractivity contribution in [3.8, 4) is 5.88 Å². The number of methoxy groups -OCH3 is 1. The number of nitrogens with two attached hydrogens (primary N) is 1. The van der Waals surface area contributed by atoms with E-state index < -0.39 is 29.5 Å². The van der Waals surface area contributed by atoms with Gasteiger partial charge < -0.3 is 10.5 Å². The summed E-state index contributed by atoms with van der Waals surface area (Å²) in [6.45, 7) is 0.